The first-order chi connectivity index (χ1) is 9.16. The van der Waals surface area contributed by atoms with Crippen molar-refractivity contribution in [1.29, 1.82) is 0 Å². The molecule has 19 heavy (non-hydrogen) atoms. The van der Waals surface area contributed by atoms with Crippen LogP contribution in [0, 0.1) is 5.82 Å². The Balaban J connectivity index is 2.55. The van der Waals surface area contributed by atoms with E-state index in [-0.39, 0.29) is 11.2 Å². The molecule has 1 aliphatic carbocycles. The van der Waals surface area contributed by atoms with Crippen LogP contribution in [0.25, 0.3) is 0 Å². The van der Waals surface area contributed by atoms with Crippen LogP contribution in [0.3, 0.4) is 0 Å². The summed E-state index contributed by atoms with van der Waals surface area (Å²) in [5.74, 6) is 0.443. The molecule has 0 aromatic heterocycles. The van der Waals surface area contributed by atoms with Gasteiger partial charge in [-0.05, 0) is 36.5 Å². The fourth-order valence-corrected chi connectivity index (χ4v) is 3.44. The summed E-state index contributed by atoms with van der Waals surface area (Å²) in [5, 5.41) is 0. The van der Waals surface area contributed by atoms with Gasteiger partial charge in [0, 0.05) is 18.0 Å². The minimum Gasteiger partial charge on any atom is -0.496 e. The second-order valence-corrected chi connectivity index (χ2v) is 5.53. The van der Waals surface area contributed by atoms with Crippen LogP contribution in [0.5, 0.6) is 5.75 Å². The first-order valence-electron chi connectivity index (χ1n) is 7.24. The number of hydrogen-bond acceptors (Lipinski definition) is 2. The number of benzene rings is 1. The van der Waals surface area contributed by atoms with Crippen LogP contribution in [0.2, 0.25) is 0 Å². The van der Waals surface area contributed by atoms with Gasteiger partial charge >= 0.3 is 0 Å². The maximum absolute atomic E-state index is 13.9. The van der Waals surface area contributed by atoms with Gasteiger partial charge in [0.25, 0.3) is 0 Å². The average Bonchev–Trinajstić information content (AvgIpc) is 2.46. The molecule has 1 saturated carbocycles. The molecule has 1 fully saturated rings. The zero-order valence-corrected chi connectivity index (χ0v) is 12.0. The number of methoxy groups -OCH3 is 1. The highest BCUT2D eigenvalue weighted by Gasteiger charge is 2.35. The molecule has 0 atom stereocenters. The minimum absolute atomic E-state index is 0.0566. The molecule has 0 amide bonds. The molecule has 0 unspecified atom stereocenters. The summed E-state index contributed by atoms with van der Waals surface area (Å²) >= 11 is 0. The van der Waals surface area contributed by atoms with Crippen molar-refractivity contribution in [3.63, 3.8) is 0 Å². The van der Waals surface area contributed by atoms with Gasteiger partial charge in [-0.2, -0.15) is 0 Å². The van der Waals surface area contributed by atoms with Gasteiger partial charge in [0.15, 0.2) is 0 Å². The van der Waals surface area contributed by atoms with Crippen molar-refractivity contribution < 1.29 is 9.13 Å². The zero-order valence-electron chi connectivity index (χ0n) is 12.0. The van der Waals surface area contributed by atoms with Crippen molar-refractivity contribution in [1.82, 2.24) is 0 Å². The Labute approximate surface area is 115 Å². The van der Waals surface area contributed by atoms with Crippen LogP contribution in [0.1, 0.15) is 50.2 Å². The summed E-state index contributed by atoms with van der Waals surface area (Å²) in [6.07, 6.45) is 6.58. The van der Waals surface area contributed by atoms with Gasteiger partial charge in [-0.3, -0.25) is 0 Å². The number of ether oxygens (including phenoxy) is 1. The van der Waals surface area contributed by atoms with Gasteiger partial charge in [0.1, 0.15) is 11.6 Å². The lowest BCUT2D eigenvalue weighted by Gasteiger charge is -2.38. The second-order valence-electron chi connectivity index (χ2n) is 5.53. The quantitative estimate of drug-likeness (QED) is 0.903. The van der Waals surface area contributed by atoms with Crippen molar-refractivity contribution in [3.05, 3.63) is 29.1 Å². The molecule has 106 valence electrons. The average molecular weight is 265 g/mol. The predicted octanol–water partition coefficient (Wildman–Crippen LogP) is 3.56. The van der Waals surface area contributed by atoms with E-state index in [4.69, 9.17) is 10.5 Å². The largest absolute Gasteiger partial charge is 0.496 e. The molecule has 1 aromatic carbocycles. The normalized spacial score (nSPS) is 18.3. The van der Waals surface area contributed by atoms with Crippen molar-refractivity contribution in [2.24, 2.45) is 5.73 Å². The van der Waals surface area contributed by atoms with Crippen LogP contribution >= 0.6 is 0 Å². The molecular weight excluding hydrogens is 241 g/mol. The van der Waals surface area contributed by atoms with Crippen LogP contribution < -0.4 is 10.5 Å². The van der Waals surface area contributed by atoms with Crippen molar-refractivity contribution in [2.75, 3.05) is 13.7 Å². The van der Waals surface area contributed by atoms with Gasteiger partial charge in [-0.1, -0.05) is 26.2 Å². The van der Waals surface area contributed by atoms with Crippen LogP contribution in [0.4, 0.5) is 4.39 Å². The molecule has 0 bridgehead atoms. The molecule has 2 N–H and O–H groups in total. The highest BCUT2D eigenvalue weighted by Crippen LogP contribution is 2.42. The predicted molar refractivity (Wildman–Crippen MR) is 76.1 cm³/mol. The van der Waals surface area contributed by atoms with Gasteiger partial charge in [-0.15, -0.1) is 0 Å². The monoisotopic (exact) mass is 265 g/mol. The third-order valence-corrected chi connectivity index (χ3v) is 4.52. The fourth-order valence-electron chi connectivity index (χ4n) is 3.44. The molecular formula is C16H24FNO. The number of nitrogens with two attached hydrogens (primary N) is 1. The second kappa shape index (κ2) is 5.91. The summed E-state index contributed by atoms with van der Waals surface area (Å²) in [6.45, 7) is 2.68. The van der Waals surface area contributed by atoms with E-state index in [0.717, 1.165) is 30.4 Å². The van der Waals surface area contributed by atoms with E-state index >= 15 is 0 Å². The van der Waals surface area contributed by atoms with Crippen molar-refractivity contribution in [3.8, 4) is 5.75 Å². The van der Waals surface area contributed by atoms with Gasteiger partial charge < -0.3 is 10.5 Å². The number of hydrogen-bond donors (Lipinski definition) is 1. The van der Waals surface area contributed by atoms with E-state index in [1.165, 1.54) is 25.3 Å². The summed E-state index contributed by atoms with van der Waals surface area (Å²) < 4.78 is 19.2. The number of rotatable bonds is 4. The Hall–Kier alpha value is -1.09. The smallest absolute Gasteiger partial charge is 0.127 e. The molecule has 0 radical (unpaired) electrons. The maximum atomic E-state index is 13.9. The molecule has 0 heterocycles. The van der Waals surface area contributed by atoms with E-state index in [1.54, 1.807) is 13.2 Å². The molecule has 0 aliphatic heterocycles. The Morgan fingerprint density at radius 2 is 1.95 bits per heavy atom. The third kappa shape index (κ3) is 2.62. The van der Waals surface area contributed by atoms with E-state index in [2.05, 4.69) is 6.92 Å². The Morgan fingerprint density at radius 3 is 2.47 bits per heavy atom. The van der Waals surface area contributed by atoms with Crippen LogP contribution in [-0.2, 0) is 11.8 Å². The van der Waals surface area contributed by atoms with Gasteiger partial charge in [-0.25, -0.2) is 4.39 Å². The standard InChI is InChI=1S/C16H24FNO/c1-3-13-14(9-12(17)10-15(13)19-2)16(11-18)7-5-4-6-8-16/h9-10H,3-8,11,18H2,1-2H3. The van der Waals surface area contributed by atoms with Gasteiger partial charge in [0.05, 0.1) is 7.11 Å². The van der Waals surface area contributed by atoms with Crippen LogP contribution in [0.15, 0.2) is 12.1 Å². The molecule has 1 aliphatic rings. The lowest BCUT2D eigenvalue weighted by atomic mass is 9.68. The molecule has 0 spiro atoms. The Bertz CT molecular complexity index is 439. The topological polar surface area (TPSA) is 35.2 Å². The number of halogens is 1. The SMILES string of the molecule is CCc1c(OC)cc(F)cc1C1(CN)CCCCC1. The third-order valence-electron chi connectivity index (χ3n) is 4.52. The summed E-state index contributed by atoms with van der Waals surface area (Å²) in [7, 11) is 1.60. The first kappa shape index (κ1) is 14.3. The maximum Gasteiger partial charge on any atom is 0.127 e. The lowest BCUT2D eigenvalue weighted by molar-refractivity contribution is 0.296. The first-order valence-corrected chi connectivity index (χ1v) is 7.24. The summed E-state index contributed by atoms with van der Waals surface area (Å²) in [6, 6.07) is 3.16. The molecule has 2 rings (SSSR count). The van der Waals surface area contributed by atoms with E-state index < -0.39 is 0 Å². The van der Waals surface area contributed by atoms with Crippen molar-refractivity contribution in [2.45, 2.75) is 50.9 Å². The van der Waals surface area contributed by atoms with Gasteiger partial charge in [0.2, 0.25) is 0 Å². The molecule has 0 saturated heterocycles. The zero-order chi connectivity index (χ0) is 13.9. The molecule has 3 heteroatoms. The Kier molecular flexibility index (Phi) is 4.46. The van der Waals surface area contributed by atoms with Crippen molar-refractivity contribution >= 4 is 0 Å². The van der Waals surface area contributed by atoms with E-state index in [9.17, 15) is 4.39 Å². The fraction of sp³-hybridized carbons (Fsp3) is 0.625. The molecule has 2 nitrogen and oxygen atoms in total. The lowest BCUT2D eigenvalue weighted by Crippen LogP contribution is -2.38. The molecule has 1 aromatic rings. The van der Waals surface area contributed by atoms with E-state index in [0.29, 0.717) is 12.3 Å². The van der Waals surface area contributed by atoms with Crippen LogP contribution in [-0.4, -0.2) is 13.7 Å². The highest BCUT2D eigenvalue weighted by atomic mass is 19.1. The highest BCUT2D eigenvalue weighted by molar-refractivity contribution is 5.45. The summed E-state index contributed by atoms with van der Waals surface area (Å²) in [4.78, 5) is 0. The minimum atomic E-state index is -0.220. The Morgan fingerprint density at radius 1 is 1.26 bits per heavy atom. The van der Waals surface area contributed by atoms with E-state index in [1.807, 2.05) is 0 Å². The summed E-state index contributed by atoms with van der Waals surface area (Å²) in [5.41, 5.74) is 8.21.